The highest BCUT2D eigenvalue weighted by atomic mass is 16.1. The molecule has 1 aliphatic carbocycles. The molecule has 1 aliphatic rings. The molecule has 0 aliphatic heterocycles. The maximum Gasteiger partial charge on any atom is 0.219 e. The van der Waals surface area contributed by atoms with Crippen molar-refractivity contribution >= 4 is 11.6 Å². The highest BCUT2D eigenvalue weighted by Gasteiger charge is 2.29. The standard InChI is InChI=1S/C23H23N5O/c1-3-23(29)26-20-12-13-21(14-20)28-22(15-25-27-28)18-6-4-16(5-7-18)17-8-10-19(24-2)11-9-17/h4-11,15,20-21H,3,12-14H2,1H3,(H,26,29)/t20-,21+/m0/s1. The lowest BCUT2D eigenvalue weighted by atomic mass is 10.0. The molecule has 3 aromatic rings. The van der Waals surface area contributed by atoms with Crippen LogP contribution in [0.1, 0.15) is 38.6 Å². The average molecular weight is 385 g/mol. The van der Waals surface area contributed by atoms with E-state index < -0.39 is 0 Å². The Hall–Kier alpha value is -3.46. The Labute approximate surface area is 170 Å². The van der Waals surface area contributed by atoms with Gasteiger partial charge in [0, 0.05) is 18.0 Å². The van der Waals surface area contributed by atoms with Crippen LogP contribution in [-0.4, -0.2) is 26.9 Å². The molecule has 29 heavy (non-hydrogen) atoms. The first-order valence-electron chi connectivity index (χ1n) is 9.96. The smallest absolute Gasteiger partial charge is 0.219 e. The van der Waals surface area contributed by atoms with Gasteiger partial charge >= 0.3 is 0 Å². The van der Waals surface area contributed by atoms with E-state index in [9.17, 15) is 4.79 Å². The van der Waals surface area contributed by atoms with Gasteiger partial charge in [0.15, 0.2) is 5.69 Å². The molecule has 1 amide bonds. The SMILES string of the molecule is [C-]#[N+]c1ccc(-c2ccc(-c3cnnn3[C@@H]3CC[C@H](NC(=O)CC)C3)cc2)cc1. The third-order valence-corrected chi connectivity index (χ3v) is 5.52. The first kappa shape index (κ1) is 18.9. The van der Waals surface area contributed by atoms with Gasteiger partial charge in [0.1, 0.15) is 0 Å². The molecule has 1 saturated carbocycles. The summed E-state index contributed by atoms with van der Waals surface area (Å²) in [5, 5.41) is 11.6. The van der Waals surface area contributed by atoms with Crippen molar-refractivity contribution in [3.05, 3.63) is 66.1 Å². The number of carbonyl (C=O) groups is 1. The monoisotopic (exact) mass is 385 g/mol. The largest absolute Gasteiger partial charge is 0.353 e. The summed E-state index contributed by atoms with van der Waals surface area (Å²) in [6, 6.07) is 16.4. The number of nitrogens with zero attached hydrogens (tertiary/aromatic N) is 4. The van der Waals surface area contributed by atoms with Gasteiger partial charge in [-0.3, -0.25) is 4.79 Å². The first-order chi connectivity index (χ1) is 14.2. The molecule has 6 heteroatoms. The van der Waals surface area contributed by atoms with Gasteiger partial charge in [-0.1, -0.05) is 60.7 Å². The molecule has 2 aromatic carbocycles. The van der Waals surface area contributed by atoms with E-state index in [4.69, 9.17) is 6.57 Å². The molecule has 146 valence electrons. The fourth-order valence-corrected chi connectivity index (χ4v) is 3.92. The van der Waals surface area contributed by atoms with E-state index in [1.165, 1.54) is 0 Å². The molecule has 1 heterocycles. The van der Waals surface area contributed by atoms with E-state index in [2.05, 4.69) is 44.7 Å². The lowest BCUT2D eigenvalue weighted by molar-refractivity contribution is -0.121. The molecular weight excluding hydrogens is 362 g/mol. The Morgan fingerprint density at radius 3 is 2.41 bits per heavy atom. The summed E-state index contributed by atoms with van der Waals surface area (Å²) in [6.07, 6.45) is 5.15. The third kappa shape index (κ3) is 4.04. The minimum Gasteiger partial charge on any atom is -0.353 e. The summed E-state index contributed by atoms with van der Waals surface area (Å²) in [6.45, 7) is 8.94. The summed E-state index contributed by atoms with van der Waals surface area (Å²) in [4.78, 5) is 15.1. The van der Waals surface area contributed by atoms with Crippen LogP contribution in [-0.2, 0) is 4.79 Å². The van der Waals surface area contributed by atoms with Gasteiger partial charge in [-0.15, -0.1) is 5.10 Å². The number of hydrogen-bond acceptors (Lipinski definition) is 3. The van der Waals surface area contributed by atoms with Crippen LogP contribution < -0.4 is 5.32 Å². The van der Waals surface area contributed by atoms with Crippen LogP contribution in [0.3, 0.4) is 0 Å². The number of nitrogens with one attached hydrogen (secondary N) is 1. The number of aromatic nitrogens is 3. The Kier molecular flexibility index (Phi) is 5.39. The van der Waals surface area contributed by atoms with Crippen LogP contribution in [0.15, 0.2) is 54.7 Å². The normalized spacial score (nSPS) is 18.3. The van der Waals surface area contributed by atoms with E-state index >= 15 is 0 Å². The Morgan fingerprint density at radius 1 is 1.10 bits per heavy atom. The Morgan fingerprint density at radius 2 is 1.76 bits per heavy atom. The number of rotatable bonds is 5. The molecule has 0 spiro atoms. The van der Waals surface area contributed by atoms with Crippen molar-refractivity contribution in [3.63, 3.8) is 0 Å². The van der Waals surface area contributed by atoms with Crippen molar-refractivity contribution in [3.8, 4) is 22.4 Å². The molecule has 1 N–H and O–H groups in total. The molecule has 1 fully saturated rings. The van der Waals surface area contributed by atoms with Crippen molar-refractivity contribution in [1.29, 1.82) is 0 Å². The van der Waals surface area contributed by atoms with Crippen molar-refractivity contribution in [2.75, 3.05) is 0 Å². The maximum atomic E-state index is 11.7. The van der Waals surface area contributed by atoms with Gasteiger partial charge in [-0.05, 0) is 30.4 Å². The van der Waals surface area contributed by atoms with Gasteiger partial charge in [0.25, 0.3) is 0 Å². The predicted molar refractivity (Wildman–Crippen MR) is 112 cm³/mol. The fraction of sp³-hybridized carbons (Fsp3) is 0.304. The third-order valence-electron chi connectivity index (χ3n) is 5.52. The molecule has 0 saturated heterocycles. The number of benzene rings is 2. The van der Waals surface area contributed by atoms with E-state index in [0.29, 0.717) is 12.1 Å². The van der Waals surface area contributed by atoms with Gasteiger partial charge in [-0.2, -0.15) is 0 Å². The van der Waals surface area contributed by atoms with E-state index in [1.54, 1.807) is 6.20 Å². The van der Waals surface area contributed by atoms with Gasteiger partial charge in [0.05, 0.1) is 24.5 Å². The molecule has 0 unspecified atom stereocenters. The second-order valence-electron chi connectivity index (χ2n) is 7.38. The minimum atomic E-state index is 0.106. The van der Waals surface area contributed by atoms with Crippen LogP contribution >= 0.6 is 0 Å². The summed E-state index contributed by atoms with van der Waals surface area (Å²) < 4.78 is 2.00. The second kappa shape index (κ2) is 8.27. The number of amides is 1. The van der Waals surface area contributed by atoms with Crippen LogP contribution in [0.2, 0.25) is 0 Å². The predicted octanol–water partition coefficient (Wildman–Crippen LogP) is 4.78. The zero-order valence-electron chi connectivity index (χ0n) is 16.4. The maximum absolute atomic E-state index is 11.7. The summed E-state index contributed by atoms with van der Waals surface area (Å²) in [7, 11) is 0. The molecular formula is C23H23N5O. The molecule has 0 radical (unpaired) electrons. The van der Waals surface area contributed by atoms with Gasteiger partial charge in [-0.25, -0.2) is 9.53 Å². The van der Waals surface area contributed by atoms with Crippen molar-refractivity contribution in [2.24, 2.45) is 0 Å². The van der Waals surface area contributed by atoms with E-state index in [-0.39, 0.29) is 18.0 Å². The average Bonchev–Trinajstić information content (AvgIpc) is 3.43. The highest BCUT2D eigenvalue weighted by molar-refractivity contribution is 5.75. The van der Waals surface area contributed by atoms with Crippen LogP contribution in [0.4, 0.5) is 5.69 Å². The topological polar surface area (TPSA) is 64.2 Å². The lowest BCUT2D eigenvalue weighted by Gasteiger charge is -2.15. The lowest BCUT2D eigenvalue weighted by Crippen LogP contribution is -2.32. The van der Waals surface area contributed by atoms with Crippen molar-refractivity contribution < 1.29 is 4.79 Å². The molecule has 2 atom stereocenters. The Bertz CT molecular complexity index is 1030. The summed E-state index contributed by atoms with van der Waals surface area (Å²) in [5.41, 5.74) is 4.89. The molecule has 1 aromatic heterocycles. The van der Waals surface area contributed by atoms with Crippen LogP contribution in [0.5, 0.6) is 0 Å². The van der Waals surface area contributed by atoms with E-state index in [1.807, 2.05) is 35.9 Å². The van der Waals surface area contributed by atoms with Crippen LogP contribution in [0, 0.1) is 6.57 Å². The van der Waals surface area contributed by atoms with Gasteiger partial charge < -0.3 is 5.32 Å². The number of hydrogen-bond donors (Lipinski definition) is 1. The minimum absolute atomic E-state index is 0.106. The fourth-order valence-electron chi connectivity index (χ4n) is 3.92. The number of carbonyl (C=O) groups excluding carboxylic acids is 1. The van der Waals surface area contributed by atoms with Crippen LogP contribution in [0.25, 0.3) is 27.2 Å². The zero-order chi connectivity index (χ0) is 20.2. The molecule has 4 rings (SSSR count). The second-order valence-corrected chi connectivity index (χ2v) is 7.38. The molecule has 6 nitrogen and oxygen atoms in total. The summed E-state index contributed by atoms with van der Waals surface area (Å²) in [5.74, 6) is 0.106. The summed E-state index contributed by atoms with van der Waals surface area (Å²) >= 11 is 0. The Balaban J connectivity index is 1.51. The van der Waals surface area contributed by atoms with Crippen molar-refractivity contribution in [2.45, 2.75) is 44.7 Å². The van der Waals surface area contributed by atoms with E-state index in [0.717, 1.165) is 41.6 Å². The molecule has 0 bridgehead atoms. The first-order valence-corrected chi connectivity index (χ1v) is 9.96. The highest BCUT2D eigenvalue weighted by Crippen LogP contribution is 2.33. The van der Waals surface area contributed by atoms with Gasteiger partial charge in [0.2, 0.25) is 5.91 Å². The quantitative estimate of drug-likeness (QED) is 0.643. The van der Waals surface area contributed by atoms with Crippen molar-refractivity contribution in [1.82, 2.24) is 20.3 Å². The zero-order valence-corrected chi connectivity index (χ0v) is 16.4.